The molecule has 0 bridgehead atoms. The summed E-state index contributed by atoms with van der Waals surface area (Å²) in [7, 11) is 2.04. The number of halogens is 2. The van der Waals surface area contributed by atoms with Gasteiger partial charge < -0.3 is 10.6 Å². The molecular formula is C15H22F2N2. The zero-order valence-electron chi connectivity index (χ0n) is 11.5. The van der Waals surface area contributed by atoms with Crippen molar-refractivity contribution in [2.45, 2.75) is 25.7 Å². The Kier molecular flexibility index (Phi) is 4.53. The summed E-state index contributed by atoms with van der Waals surface area (Å²) in [6, 6.07) is 3.79. The summed E-state index contributed by atoms with van der Waals surface area (Å²) >= 11 is 0. The smallest absolute Gasteiger partial charge is 0.129 e. The van der Waals surface area contributed by atoms with E-state index in [-0.39, 0.29) is 5.41 Å². The number of hydrogen-bond acceptors (Lipinski definition) is 2. The highest BCUT2D eigenvalue weighted by molar-refractivity contribution is 5.18. The van der Waals surface area contributed by atoms with E-state index in [2.05, 4.69) is 4.90 Å². The average molecular weight is 268 g/mol. The van der Waals surface area contributed by atoms with Gasteiger partial charge >= 0.3 is 0 Å². The fraction of sp³-hybridized carbons (Fsp3) is 0.600. The lowest BCUT2D eigenvalue weighted by Crippen LogP contribution is -2.46. The molecule has 1 aliphatic rings. The van der Waals surface area contributed by atoms with Crippen LogP contribution in [0.25, 0.3) is 0 Å². The first kappa shape index (κ1) is 14.4. The fourth-order valence-electron chi connectivity index (χ4n) is 2.79. The van der Waals surface area contributed by atoms with Gasteiger partial charge in [-0.25, -0.2) is 8.78 Å². The normalized spacial score (nSPS) is 17.5. The van der Waals surface area contributed by atoms with E-state index in [9.17, 15) is 8.78 Å². The van der Waals surface area contributed by atoms with Gasteiger partial charge in [0.25, 0.3) is 0 Å². The van der Waals surface area contributed by atoms with Crippen LogP contribution in [0.5, 0.6) is 0 Å². The van der Waals surface area contributed by atoms with Crippen molar-refractivity contribution >= 4 is 0 Å². The van der Waals surface area contributed by atoms with E-state index in [0.717, 1.165) is 25.7 Å². The molecule has 1 saturated carbocycles. The number of rotatable bonds is 6. The van der Waals surface area contributed by atoms with E-state index in [0.29, 0.717) is 12.0 Å². The van der Waals surface area contributed by atoms with Crippen LogP contribution >= 0.6 is 0 Å². The van der Waals surface area contributed by atoms with Gasteiger partial charge in [-0.05, 0) is 49.9 Å². The maximum absolute atomic E-state index is 13.5. The maximum atomic E-state index is 13.5. The summed E-state index contributed by atoms with van der Waals surface area (Å²) in [6.07, 6.45) is 4.25. The van der Waals surface area contributed by atoms with E-state index >= 15 is 0 Å². The third-order valence-electron chi connectivity index (χ3n) is 4.23. The molecule has 0 spiro atoms. The summed E-state index contributed by atoms with van der Waals surface area (Å²) in [5.41, 5.74) is 6.68. The molecule has 106 valence electrons. The Balaban J connectivity index is 1.84. The molecule has 0 saturated heterocycles. The fourth-order valence-corrected chi connectivity index (χ4v) is 2.79. The van der Waals surface area contributed by atoms with Gasteiger partial charge in [0.1, 0.15) is 11.6 Å². The minimum atomic E-state index is -0.522. The first-order chi connectivity index (χ1) is 9.04. The van der Waals surface area contributed by atoms with Crippen molar-refractivity contribution in [2.75, 3.05) is 26.7 Å². The zero-order valence-corrected chi connectivity index (χ0v) is 11.5. The van der Waals surface area contributed by atoms with Gasteiger partial charge in [-0.1, -0.05) is 12.5 Å². The van der Waals surface area contributed by atoms with E-state index < -0.39 is 11.6 Å². The first-order valence-electron chi connectivity index (χ1n) is 6.87. The molecular weight excluding hydrogens is 246 g/mol. The van der Waals surface area contributed by atoms with E-state index in [4.69, 9.17) is 5.73 Å². The molecule has 0 aliphatic heterocycles. The standard InChI is InChI=1S/C15H22F2N2/c1-19(11-15(10-18)6-2-7-15)8-5-12-3-4-13(16)9-14(12)17/h3-4,9H,2,5-8,10-11,18H2,1H3. The van der Waals surface area contributed by atoms with Crippen LogP contribution in [0.2, 0.25) is 0 Å². The molecule has 0 heterocycles. The van der Waals surface area contributed by atoms with Crippen LogP contribution in [0.4, 0.5) is 8.78 Å². The van der Waals surface area contributed by atoms with Gasteiger partial charge in [0.05, 0.1) is 0 Å². The molecule has 2 rings (SSSR count). The molecule has 0 atom stereocenters. The van der Waals surface area contributed by atoms with Gasteiger partial charge in [0.15, 0.2) is 0 Å². The molecule has 19 heavy (non-hydrogen) atoms. The molecule has 1 aromatic carbocycles. The van der Waals surface area contributed by atoms with Crippen molar-refractivity contribution in [3.63, 3.8) is 0 Å². The van der Waals surface area contributed by atoms with Gasteiger partial charge in [-0.3, -0.25) is 0 Å². The Morgan fingerprint density at radius 3 is 2.58 bits per heavy atom. The number of benzene rings is 1. The number of likely N-dealkylation sites (N-methyl/N-ethyl adjacent to an activating group) is 1. The molecule has 1 aliphatic carbocycles. The topological polar surface area (TPSA) is 29.3 Å². The number of nitrogens with two attached hydrogens (primary N) is 1. The maximum Gasteiger partial charge on any atom is 0.129 e. The second-order valence-electron chi connectivity index (χ2n) is 5.78. The molecule has 4 heteroatoms. The quantitative estimate of drug-likeness (QED) is 0.859. The molecule has 2 nitrogen and oxygen atoms in total. The van der Waals surface area contributed by atoms with Crippen LogP contribution in [0.3, 0.4) is 0 Å². The van der Waals surface area contributed by atoms with Crippen molar-refractivity contribution in [1.82, 2.24) is 4.90 Å². The molecule has 1 aromatic rings. The highest BCUT2D eigenvalue weighted by atomic mass is 19.1. The molecule has 0 amide bonds. The van der Waals surface area contributed by atoms with Crippen molar-refractivity contribution < 1.29 is 8.78 Å². The van der Waals surface area contributed by atoms with E-state index in [1.54, 1.807) is 0 Å². The van der Waals surface area contributed by atoms with Crippen molar-refractivity contribution in [3.8, 4) is 0 Å². The Bertz CT molecular complexity index is 425. The minimum Gasteiger partial charge on any atom is -0.330 e. The summed E-state index contributed by atoms with van der Waals surface area (Å²) in [4.78, 5) is 2.20. The third-order valence-corrected chi connectivity index (χ3v) is 4.23. The van der Waals surface area contributed by atoms with Gasteiger partial charge in [-0.2, -0.15) is 0 Å². The van der Waals surface area contributed by atoms with Crippen LogP contribution in [-0.2, 0) is 6.42 Å². The molecule has 1 fully saturated rings. The highest BCUT2D eigenvalue weighted by Crippen LogP contribution is 2.40. The minimum absolute atomic E-state index is 0.274. The van der Waals surface area contributed by atoms with Crippen LogP contribution in [-0.4, -0.2) is 31.6 Å². The Labute approximate surface area is 113 Å². The number of hydrogen-bond donors (Lipinski definition) is 1. The second kappa shape index (κ2) is 5.97. The Hall–Kier alpha value is -1.00. The van der Waals surface area contributed by atoms with E-state index in [1.165, 1.54) is 31.4 Å². The predicted octanol–water partition coefficient (Wildman–Crippen LogP) is 2.57. The summed E-state index contributed by atoms with van der Waals surface area (Å²) in [5, 5.41) is 0. The van der Waals surface area contributed by atoms with E-state index in [1.807, 2.05) is 7.05 Å². The van der Waals surface area contributed by atoms with Crippen LogP contribution in [0, 0.1) is 17.0 Å². The predicted molar refractivity (Wildman–Crippen MR) is 72.9 cm³/mol. The molecule has 0 unspecified atom stereocenters. The first-order valence-corrected chi connectivity index (χ1v) is 6.87. The molecule has 2 N–H and O–H groups in total. The van der Waals surface area contributed by atoms with Gasteiger partial charge in [0, 0.05) is 19.2 Å². The molecule has 0 aromatic heterocycles. The third kappa shape index (κ3) is 3.51. The molecule has 0 radical (unpaired) electrons. The van der Waals surface area contributed by atoms with Crippen LogP contribution in [0.1, 0.15) is 24.8 Å². The van der Waals surface area contributed by atoms with Gasteiger partial charge in [-0.15, -0.1) is 0 Å². The van der Waals surface area contributed by atoms with Crippen molar-refractivity contribution in [3.05, 3.63) is 35.4 Å². The lowest BCUT2D eigenvalue weighted by molar-refractivity contribution is 0.0881. The summed E-state index contributed by atoms with van der Waals surface area (Å²) in [6.45, 7) is 2.46. The largest absolute Gasteiger partial charge is 0.330 e. The number of nitrogens with zero attached hydrogens (tertiary/aromatic N) is 1. The van der Waals surface area contributed by atoms with Crippen LogP contribution in [0.15, 0.2) is 18.2 Å². The summed E-state index contributed by atoms with van der Waals surface area (Å²) in [5.74, 6) is -0.975. The lowest BCUT2D eigenvalue weighted by Gasteiger charge is -2.43. The summed E-state index contributed by atoms with van der Waals surface area (Å²) < 4.78 is 26.3. The van der Waals surface area contributed by atoms with Crippen LogP contribution < -0.4 is 5.73 Å². The SMILES string of the molecule is CN(CCc1ccc(F)cc1F)CC1(CN)CCC1. The van der Waals surface area contributed by atoms with Gasteiger partial charge in [0.2, 0.25) is 0 Å². The Morgan fingerprint density at radius 2 is 2.05 bits per heavy atom. The monoisotopic (exact) mass is 268 g/mol. The van der Waals surface area contributed by atoms with Crippen molar-refractivity contribution in [1.29, 1.82) is 0 Å². The highest BCUT2D eigenvalue weighted by Gasteiger charge is 2.36. The second-order valence-corrected chi connectivity index (χ2v) is 5.78. The Morgan fingerprint density at radius 1 is 1.32 bits per heavy atom. The lowest BCUT2D eigenvalue weighted by atomic mass is 9.68. The average Bonchev–Trinajstić information content (AvgIpc) is 2.33. The zero-order chi connectivity index (χ0) is 13.9. The van der Waals surface area contributed by atoms with Crippen molar-refractivity contribution in [2.24, 2.45) is 11.1 Å².